The van der Waals surface area contributed by atoms with Gasteiger partial charge in [0.25, 0.3) is 0 Å². The van der Waals surface area contributed by atoms with E-state index >= 15 is 0 Å². The molecule has 0 bridgehead atoms. The third-order valence-corrected chi connectivity index (χ3v) is 5.50. The van der Waals surface area contributed by atoms with Crippen LogP contribution < -0.4 is 11.1 Å². The molecule has 1 amide bonds. The normalized spacial score (nSPS) is 20.3. The third-order valence-electron chi connectivity index (χ3n) is 3.73. The van der Waals surface area contributed by atoms with Crippen molar-refractivity contribution in [3.63, 3.8) is 0 Å². The molecule has 0 saturated carbocycles. The van der Waals surface area contributed by atoms with Crippen LogP contribution in [0.15, 0.2) is 33.5 Å². The molecule has 3 rings (SSSR count). The minimum Gasteiger partial charge on any atom is -0.408 e. The molecular weight excluding hydrogens is 308 g/mol. The Morgan fingerprint density at radius 2 is 2.14 bits per heavy atom. The second kappa shape index (κ2) is 5.60. The number of nitrogens with one attached hydrogen (secondary N) is 1. The molecule has 1 saturated heterocycles. The van der Waals surface area contributed by atoms with Crippen molar-refractivity contribution < 1.29 is 17.6 Å². The van der Waals surface area contributed by atoms with Gasteiger partial charge in [-0.05, 0) is 18.6 Å². The maximum Gasteiger partial charge on any atom is 0.419 e. The number of rotatable bonds is 4. The Hall–Kier alpha value is -2.09. The van der Waals surface area contributed by atoms with E-state index in [1.807, 2.05) is 0 Å². The average Bonchev–Trinajstić information content (AvgIpc) is 2.95. The highest BCUT2D eigenvalue weighted by atomic mass is 32.2. The van der Waals surface area contributed by atoms with E-state index in [9.17, 15) is 18.0 Å². The van der Waals surface area contributed by atoms with E-state index in [0.29, 0.717) is 17.5 Å². The van der Waals surface area contributed by atoms with Gasteiger partial charge in [-0.25, -0.2) is 13.2 Å². The minimum atomic E-state index is -3.02. The summed E-state index contributed by atoms with van der Waals surface area (Å²) in [5.41, 5.74) is 1.12. The Labute approximate surface area is 126 Å². The number of para-hydroxylation sites is 2. The maximum atomic E-state index is 11.9. The molecule has 0 aliphatic carbocycles. The number of nitrogens with zero attached hydrogens (tertiary/aromatic N) is 1. The van der Waals surface area contributed by atoms with E-state index in [-0.39, 0.29) is 36.4 Å². The molecule has 0 spiro atoms. The van der Waals surface area contributed by atoms with E-state index in [0.717, 1.165) is 0 Å². The third kappa shape index (κ3) is 3.06. The molecule has 1 N–H and O–H groups in total. The Morgan fingerprint density at radius 1 is 1.36 bits per heavy atom. The molecule has 7 nitrogen and oxygen atoms in total. The number of hydrogen-bond donors (Lipinski definition) is 1. The fourth-order valence-corrected chi connectivity index (χ4v) is 4.32. The van der Waals surface area contributed by atoms with Crippen molar-refractivity contribution in [2.24, 2.45) is 0 Å². The second-order valence-corrected chi connectivity index (χ2v) is 7.63. The van der Waals surface area contributed by atoms with Crippen LogP contribution in [0.3, 0.4) is 0 Å². The first-order valence-electron chi connectivity index (χ1n) is 7.03. The highest BCUT2D eigenvalue weighted by molar-refractivity contribution is 7.91. The van der Waals surface area contributed by atoms with Crippen LogP contribution in [0, 0.1) is 0 Å². The van der Waals surface area contributed by atoms with Crippen LogP contribution in [0.1, 0.15) is 12.8 Å². The number of fused-ring (bicyclic) bond motifs is 1. The Balaban J connectivity index is 1.63. The fraction of sp³-hybridized carbons (Fsp3) is 0.429. The summed E-state index contributed by atoms with van der Waals surface area (Å²) in [5.74, 6) is -0.659. The van der Waals surface area contributed by atoms with Gasteiger partial charge in [0, 0.05) is 19.0 Å². The summed E-state index contributed by atoms with van der Waals surface area (Å²) in [5, 5.41) is 2.70. The van der Waals surface area contributed by atoms with Crippen LogP contribution in [0.2, 0.25) is 0 Å². The molecule has 1 aliphatic heterocycles. The molecule has 1 aliphatic rings. The molecule has 1 aromatic carbocycles. The first-order valence-corrected chi connectivity index (χ1v) is 8.85. The molecule has 1 aromatic heterocycles. The summed E-state index contributed by atoms with van der Waals surface area (Å²) in [7, 11) is -3.02. The molecule has 22 heavy (non-hydrogen) atoms. The van der Waals surface area contributed by atoms with Crippen molar-refractivity contribution in [3.05, 3.63) is 34.8 Å². The first kappa shape index (κ1) is 14.8. The number of hydrogen-bond acceptors (Lipinski definition) is 5. The van der Waals surface area contributed by atoms with Gasteiger partial charge in [0.2, 0.25) is 5.91 Å². The number of carbonyl (C=O) groups is 1. The number of oxazole rings is 1. The molecule has 2 aromatic rings. The maximum absolute atomic E-state index is 11.9. The van der Waals surface area contributed by atoms with Gasteiger partial charge in [0.05, 0.1) is 17.0 Å². The number of carbonyl (C=O) groups excluding carboxylic acids is 1. The highest BCUT2D eigenvalue weighted by Gasteiger charge is 2.28. The molecule has 1 atom stereocenters. The van der Waals surface area contributed by atoms with Crippen molar-refractivity contribution in [2.45, 2.75) is 25.4 Å². The predicted octanol–water partition coefficient (Wildman–Crippen LogP) is 0.288. The Bertz CT molecular complexity index is 865. The Morgan fingerprint density at radius 3 is 2.86 bits per heavy atom. The first-order chi connectivity index (χ1) is 10.4. The van der Waals surface area contributed by atoms with Crippen LogP contribution in [-0.2, 0) is 21.2 Å². The average molecular weight is 324 g/mol. The highest BCUT2D eigenvalue weighted by Crippen LogP contribution is 2.13. The lowest BCUT2D eigenvalue weighted by atomic mass is 10.2. The van der Waals surface area contributed by atoms with Crippen LogP contribution in [0.4, 0.5) is 0 Å². The van der Waals surface area contributed by atoms with Crippen LogP contribution >= 0.6 is 0 Å². The largest absolute Gasteiger partial charge is 0.419 e. The lowest BCUT2D eigenvalue weighted by Gasteiger charge is -2.10. The van der Waals surface area contributed by atoms with Crippen molar-refractivity contribution >= 4 is 26.8 Å². The number of benzene rings is 1. The zero-order chi connectivity index (χ0) is 15.7. The monoisotopic (exact) mass is 324 g/mol. The summed E-state index contributed by atoms with van der Waals surface area (Å²) in [6.45, 7) is 0.196. The van der Waals surface area contributed by atoms with E-state index in [1.165, 1.54) is 4.57 Å². The topological polar surface area (TPSA) is 98.4 Å². The van der Waals surface area contributed by atoms with E-state index < -0.39 is 15.6 Å². The molecule has 118 valence electrons. The van der Waals surface area contributed by atoms with E-state index in [4.69, 9.17) is 4.42 Å². The van der Waals surface area contributed by atoms with Crippen LogP contribution in [-0.4, -0.2) is 36.4 Å². The van der Waals surface area contributed by atoms with Gasteiger partial charge < -0.3 is 9.73 Å². The second-order valence-electron chi connectivity index (χ2n) is 5.40. The molecule has 0 radical (unpaired) electrons. The van der Waals surface area contributed by atoms with Gasteiger partial charge in [0.1, 0.15) is 0 Å². The lowest BCUT2D eigenvalue weighted by molar-refractivity contribution is -0.121. The van der Waals surface area contributed by atoms with E-state index in [2.05, 4.69) is 5.32 Å². The van der Waals surface area contributed by atoms with Crippen LogP contribution in [0.5, 0.6) is 0 Å². The molecule has 2 heterocycles. The van der Waals surface area contributed by atoms with Crippen molar-refractivity contribution in [1.29, 1.82) is 0 Å². The summed E-state index contributed by atoms with van der Waals surface area (Å²) < 4.78 is 29.2. The zero-order valence-corrected chi connectivity index (χ0v) is 12.6. The van der Waals surface area contributed by atoms with Gasteiger partial charge in [-0.1, -0.05) is 12.1 Å². The quantitative estimate of drug-likeness (QED) is 0.871. The van der Waals surface area contributed by atoms with Gasteiger partial charge in [-0.3, -0.25) is 9.36 Å². The molecule has 8 heteroatoms. The standard InChI is InChI=1S/C14H16N2O5S/c17-13(15-10-6-8-22(19,20)9-10)5-7-16-11-3-1-2-4-12(11)21-14(16)18/h1-4,10H,5-9H2,(H,15,17). The summed E-state index contributed by atoms with van der Waals surface area (Å²) in [6.07, 6.45) is 0.544. The predicted molar refractivity (Wildman–Crippen MR) is 80.3 cm³/mol. The summed E-state index contributed by atoms with van der Waals surface area (Å²) >= 11 is 0. The summed E-state index contributed by atoms with van der Waals surface area (Å²) in [6, 6.07) is 6.67. The Kier molecular flexibility index (Phi) is 3.78. The lowest BCUT2D eigenvalue weighted by Crippen LogP contribution is -2.36. The fourth-order valence-electron chi connectivity index (χ4n) is 2.65. The smallest absolute Gasteiger partial charge is 0.408 e. The number of aryl methyl sites for hydroxylation is 1. The number of sulfone groups is 1. The summed E-state index contributed by atoms with van der Waals surface area (Å²) in [4.78, 5) is 23.7. The van der Waals surface area contributed by atoms with Gasteiger partial charge in [-0.15, -0.1) is 0 Å². The van der Waals surface area contributed by atoms with Gasteiger partial charge in [-0.2, -0.15) is 0 Å². The van der Waals surface area contributed by atoms with Crippen molar-refractivity contribution in [1.82, 2.24) is 9.88 Å². The molecule has 1 unspecified atom stereocenters. The van der Waals surface area contributed by atoms with Gasteiger partial charge in [0.15, 0.2) is 15.4 Å². The molecule has 1 fully saturated rings. The number of amides is 1. The van der Waals surface area contributed by atoms with E-state index in [1.54, 1.807) is 24.3 Å². The van der Waals surface area contributed by atoms with Crippen molar-refractivity contribution in [2.75, 3.05) is 11.5 Å². The SMILES string of the molecule is O=C(CCn1c(=O)oc2ccccc21)NC1CCS(=O)(=O)C1. The number of aromatic nitrogens is 1. The van der Waals surface area contributed by atoms with Crippen LogP contribution in [0.25, 0.3) is 11.1 Å². The minimum absolute atomic E-state index is 0.00662. The van der Waals surface area contributed by atoms with Crippen molar-refractivity contribution in [3.8, 4) is 0 Å². The van der Waals surface area contributed by atoms with Gasteiger partial charge >= 0.3 is 5.76 Å². The zero-order valence-electron chi connectivity index (χ0n) is 11.8. The molecular formula is C14H16N2O5S.